The Morgan fingerprint density at radius 3 is 2.08 bits per heavy atom. The van der Waals surface area contributed by atoms with Gasteiger partial charge >= 0.3 is 18.0 Å². The summed E-state index contributed by atoms with van der Waals surface area (Å²) in [5.41, 5.74) is 4.98. The number of esters is 2. The molecule has 0 unspecified atom stereocenters. The number of amides is 1. The van der Waals surface area contributed by atoms with Gasteiger partial charge in [-0.15, -0.1) is 0 Å². The van der Waals surface area contributed by atoms with Crippen molar-refractivity contribution in [1.29, 1.82) is 0 Å². The maximum absolute atomic E-state index is 13.2. The standard InChI is InChI=1S/C29H35NO7/c1-16-10-9-11-21(34-6)22(16)23-17(2)19-12-29(25(31)35-7,26(32)36-8)13-20(19)18(3)24(23)30-14-28(4,5)15-37-27(30)33/h9-11H,12-15H2,1-8H3. The van der Waals surface area contributed by atoms with Crippen molar-refractivity contribution in [2.45, 2.75) is 47.5 Å². The van der Waals surface area contributed by atoms with Crippen LogP contribution in [0.25, 0.3) is 11.1 Å². The smallest absolute Gasteiger partial charge is 0.414 e. The van der Waals surface area contributed by atoms with Crippen LogP contribution in [-0.4, -0.2) is 52.5 Å². The van der Waals surface area contributed by atoms with Crippen molar-refractivity contribution in [1.82, 2.24) is 0 Å². The summed E-state index contributed by atoms with van der Waals surface area (Å²) in [6.07, 6.45) is -0.161. The lowest BCUT2D eigenvalue weighted by Gasteiger charge is -2.39. The number of ether oxygens (including phenoxy) is 4. The highest BCUT2D eigenvalue weighted by Crippen LogP contribution is 2.52. The van der Waals surface area contributed by atoms with Crippen LogP contribution >= 0.6 is 0 Å². The zero-order chi connectivity index (χ0) is 27.3. The highest BCUT2D eigenvalue weighted by Gasteiger charge is 2.54. The van der Waals surface area contributed by atoms with Gasteiger partial charge in [0.05, 0.1) is 33.6 Å². The summed E-state index contributed by atoms with van der Waals surface area (Å²) in [7, 11) is 4.17. The lowest BCUT2D eigenvalue weighted by atomic mass is 9.84. The van der Waals surface area contributed by atoms with E-state index in [0.29, 0.717) is 24.6 Å². The number of hydrogen-bond acceptors (Lipinski definition) is 7. The van der Waals surface area contributed by atoms with Gasteiger partial charge in [0.25, 0.3) is 0 Å². The summed E-state index contributed by atoms with van der Waals surface area (Å²) < 4.78 is 21.6. The predicted molar refractivity (Wildman–Crippen MR) is 139 cm³/mol. The summed E-state index contributed by atoms with van der Waals surface area (Å²) in [6.45, 7) is 10.8. The van der Waals surface area contributed by atoms with E-state index in [0.717, 1.165) is 38.9 Å². The first-order chi connectivity index (χ1) is 17.4. The predicted octanol–water partition coefficient (Wildman–Crippen LogP) is 4.70. The van der Waals surface area contributed by atoms with E-state index in [1.54, 1.807) is 12.0 Å². The van der Waals surface area contributed by atoms with Gasteiger partial charge in [0.2, 0.25) is 0 Å². The van der Waals surface area contributed by atoms with Crippen LogP contribution in [0.4, 0.5) is 10.5 Å². The molecule has 0 bridgehead atoms. The molecule has 1 saturated heterocycles. The molecule has 1 amide bonds. The molecule has 37 heavy (non-hydrogen) atoms. The Bertz CT molecular complexity index is 1280. The first kappa shape index (κ1) is 26.5. The van der Waals surface area contributed by atoms with Crippen LogP contribution in [0.2, 0.25) is 0 Å². The average Bonchev–Trinajstić information content (AvgIpc) is 3.29. The number of anilines is 1. The molecular weight excluding hydrogens is 474 g/mol. The first-order valence-electron chi connectivity index (χ1n) is 12.3. The number of carbonyl (C=O) groups excluding carboxylic acids is 3. The van der Waals surface area contributed by atoms with E-state index in [1.807, 2.05) is 39.0 Å². The van der Waals surface area contributed by atoms with E-state index in [1.165, 1.54) is 14.2 Å². The van der Waals surface area contributed by atoms with Crippen molar-refractivity contribution in [3.63, 3.8) is 0 Å². The monoisotopic (exact) mass is 509 g/mol. The zero-order valence-electron chi connectivity index (χ0n) is 22.9. The van der Waals surface area contributed by atoms with Crippen molar-refractivity contribution in [3.8, 4) is 16.9 Å². The minimum atomic E-state index is -1.49. The highest BCUT2D eigenvalue weighted by atomic mass is 16.6. The largest absolute Gasteiger partial charge is 0.496 e. The van der Waals surface area contributed by atoms with Crippen LogP contribution in [0.1, 0.15) is 41.7 Å². The number of carbonyl (C=O) groups is 3. The summed E-state index contributed by atoms with van der Waals surface area (Å²) >= 11 is 0. The van der Waals surface area contributed by atoms with Gasteiger partial charge in [0.1, 0.15) is 5.75 Å². The number of rotatable bonds is 5. The first-order valence-corrected chi connectivity index (χ1v) is 12.3. The molecule has 4 rings (SSSR count). The summed E-state index contributed by atoms with van der Waals surface area (Å²) in [4.78, 5) is 41.0. The molecule has 0 saturated carbocycles. The minimum Gasteiger partial charge on any atom is -0.496 e. The van der Waals surface area contributed by atoms with E-state index < -0.39 is 23.4 Å². The van der Waals surface area contributed by atoms with Gasteiger partial charge in [-0.3, -0.25) is 14.5 Å². The van der Waals surface area contributed by atoms with E-state index in [2.05, 4.69) is 13.8 Å². The van der Waals surface area contributed by atoms with Gasteiger partial charge in [-0.05, 0) is 54.7 Å². The van der Waals surface area contributed by atoms with Crippen LogP contribution in [0.15, 0.2) is 18.2 Å². The Morgan fingerprint density at radius 1 is 0.919 bits per heavy atom. The molecule has 1 fully saturated rings. The maximum Gasteiger partial charge on any atom is 0.414 e. The van der Waals surface area contributed by atoms with Gasteiger partial charge in [-0.1, -0.05) is 26.0 Å². The van der Waals surface area contributed by atoms with E-state index in [4.69, 9.17) is 18.9 Å². The average molecular weight is 510 g/mol. The number of methoxy groups -OCH3 is 3. The maximum atomic E-state index is 13.2. The molecule has 198 valence electrons. The molecule has 1 heterocycles. The summed E-state index contributed by atoms with van der Waals surface area (Å²) in [5, 5.41) is 0. The van der Waals surface area contributed by atoms with Gasteiger partial charge in [-0.25, -0.2) is 4.79 Å². The van der Waals surface area contributed by atoms with Crippen LogP contribution in [-0.2, 0) is 36.6 Å². The van der Waals surface area contributed by atoms with Gasteiger partial charge in [0.15, 0.2) is 5.41 Å². The third kappa shape index (κ3) is 4.12. The molecule has 8 nitrogen and oxygen atoms in total. The van der Waals surface area contributed by atoms with Gasteiger partial charge in [-0.2, -0.15) is 0 Å². The SMILES string of the molecule is COC(=O)C1(C(=O)OC)Cc2c(C)c(-c3c(C)cccc3OC)c(N3CC(C)(C)COC3=O)c(C)c2C1. The zero-order valence-corrected chi connectivity index (χ0v) is 22.9. The minimum absolute atomic E-state index is 0.124. The highest BCUT2D eigenvalue weighted by molar-refractivity contribution is 6.04. The molecule has 0 aromatic heterocycles. The topological polar surface area (TPSA) is 91.4 Å². The molecule has 0 N–H and O–H groups in total. The molecule has 0 radical (unpaired) electrons. The van der Waals surface area contributed by atoms with Crippen LogP contribution < -0.4 is 9.64 Å². The number of cyclic esters (lactones) is 1. The van der Waals surface area contributed by atoms with Crippen molar-refractivity contribution in [2.75, 3.05) is 39.4 Å². The molecule has 2 aromatic carbocycles. The lowest BCUT2D eigenvalue weighted by Crippen LogP contribution is -2.48. The number of hydrogen-bond donors (Lipinski definition) is 0. The number of nitrogens with zero attached hydrogens (tertiary/aromatic N) is 1. The second-order valence-corrected chi connectivity index (χ2v) is 10.8. The molecule has 2 aromatic rings. The molecule has 0 atom stereocenters. The second-order valence-electron chi connectivity index (χ2n) is 10.8. The van der Waals surface area contributed by atoms with Crippen molar-refractivity contribution in [2.24, 2.45) is 10.8 Å². The quantitative estimate of drug-likeness (QED) is 0.328. The molecule has 1 aliphatic carbocycles. The Labute approximate surface area is 217 Å². The fraction of sp³-hybridized carbons (Fsp3) is 0.483. The Hall–Kier alpha value is -3.55. The second kappa shape index (κ2) is 9.39. The summed E-state index contributed by atoms with van der Waals surface area (Å²) in [5.74, 6) is -0.604. The van der Waals surface area contributed by atoms with Crippen molar-refractivity contribution in [3.05, 3.63) is 46.0 Å². The van der Waals surface area contributed by atoms with Gasteiger partial charge in [0, 0.05) is 35.9 Å². The Morgan fingerprint density at radius 2 is 1.51 bits per heavy atom. The lowest BCUT2D eigenvalue weighted by molar-refractivity contribution is -0.168. The number of benzene rings is 2. The van der Waals surface area contributed by atoms with Crippen molar-refractivity contribution >= 4 is 23.7 Å². The Kier molecular flexibility index (Phi) is 6.73. The van der Waals surface area contributed by atoms with Crippen LogP contribution in [0.5, 0.6) is 5.75 Å². The van der Waals surface area contributed by atoms with Gasteiger partial charge < -0.3 is 18.9 Å². The molecular formula is C29H35NO7. The molecule has 8 heteroatoms. The van der Waals surface area contributed by atoms with E-state index >= 15 is 0 Å². The molecule has 0 spiro atoms. The summed E-state index contributed by atoms with van der Waals surface area (Å²) in [6, 6.07) is 5.81. The van der Waals surface area contributed by atoms with Crippen LogP contribution in [0, 0.1) is 31.6 Å². The third-order valence-electron chi connectivity index (χ3n) is 7.71. The number of aryl methyl sites for hydroxylation is 1. The number of fused-ring (bicyclic) bond motifs is 1. The Balaban J connectivity index is 2.08. The molecule has 2 aliphatic rings. The van der Waals surface area contributed by atoms with Crippen LogP contribution in [0.3, 0.4) is 0 Å². The van der Waals surface area contributed by atoms with E-state index in [-0.39, 0.29) is 18.3 Å². The van der Waals surface area contributed by atoms with E-state index in [9.17, 15) is 14.4 Å². The third-order valence-corrected chi connectivity index (χ3v) is 7.71. The van der Waals surface area contributed by atoms with Crippen molar-refractivity contribution < 1.29 is 33.3 Å². The fourth-order valence-electron chi connectivity index (χ4n) is 5.84. The molecule has 1 aliphatic heterocycles. The normalized spacial score (nSPS) is 17.6. The fourth-order valence-corrected chi connectivity index (χ4v) is 5.84.